The number of anilines is 1. The molecule has 4 nitrogen and oxygen atoms in total. The average molecular weight is 374 g/mol. The Bertz CT molecular complexity index is 859. The van der Waals surface area contributed by atoms with Gasteiger partial charge in [-0.1, -0.05) is 32.4 Å². The maximum Gasteiger partial charge on any atom is 0.264 e. The molecule has 1 aliphatic heterocycles. The lowest BCUT2D eigenvalue weighted by Crippen LogP contribution is -2.30. The zero-order valence-electron chi connectivity index (χ0n) is 15.7. The van der Waals surface area contributed by atoms with E-state index in [1.165, 1.54) is 0 Å². The Labute approximate surface area is 156 Å². The van der Waals surface area contributed by atoms with Crippen molar-refractivity contribution in [3.63, 3.8) is 0 Å². The minimum absolute atomic E-state index is 0.208. The van der Waals surface area contributed by atoms with E-state index in [0.717, 1.165) is 41.8 Å². The minimum Gasteiger partial charge on any atom is -0.494 e. The standard InChI is InChI=1S/C21H27NO3S/c1-4-7-17-15-22(21-13-10-18(25-6-3)14-20(17)21)26(23,24)19-11-8-16(5-2)9-12-19/h8-14,17H,4-7,15H2,1-3H3. The summed E-state index contributed by atoms with van der Waals surface area (Å²) in [5.74, 6) is 1.01. The van der Waals surface area contributed by atoms with E-state index >= 15 is 0 Å². The fourth-order valence-corrected chi connectivity index (χ4v) is 5.12. The third-order valence-corrected chi connectivity index (χ3v) is 6.76. The summed E-state index contributed by atoms with van der Waals surface area (Å²) < 4.78 is 33.7. The summed E-state index contributed by atoms with van der Waals surface area (Å²) in [6.45, 7) is 7.24. The molecular weight excluding hydrogens is 346 g/mol. The van der Waals surface area contributed by atoms with E-state index in [4.69, 9.17) is 4.74 Å². The monoisotopic (exact) mass is 373 g/mol. The van der Waals surface area contributed by atoms with Crippen LogP contribution in [-0.4, -0.2) is 21.6 Å². The molecule has 1 atom stereocenters. The molecule has 0 N–H and O–H groups in total. The third kappa shape index (κ3) is 3.45. The van der Waals surface area contributed by atoms with Crippen molar-refractivity contribution >= 4 is 15.7 Å². The van der Waals surface area contributed by atoms with Gasteiger partial charge < -0.3 is 4.74 Å². The predicted molar refractivity (Wildman–Crippen MR) is 106 cm³/mol. The van der Waals surface area contributed by atoms with E-state index in [1.807, 2.05) is 37.3 Å². The molecule has 0 saturated heterocycles. The molecule has 0 fully saturated rings. The quantitative estimate of drug-likeness (QED) is 0.704. The van der Waals surface area contributed by atoms with Crippen molar-refractivity contribution < 1.29 is 13.2 Å². The van der Waals surface area contributed by atoms with E-state index in [9.17, 15) is 8.42 Å². The SMILES string of the molecule is CCCC1CN(S(=O)(=O)c2ccc(CC)cc2)c2ccc(OCC)cc21. The summed E-state index contributed by atoms with van der Waals surface area (Å²) in [6.07, 6.45) is 2.87. The van der Waals surface area contributed by atoms with Crippen molar-refractivity contribution in [2.24, 2.45) is 0 Å². The first-order chi connectivity index (χ1) is 12.5. The predicted octanol–water partition coefficient (Wildman–Crippen LogP) is 4.74. The van der Waals surface area contributed by atoms with Crippen LogP contribution in [-0.2, 0) is 16.4 Å². The van der Waals surface area contributed by atoms with Crippen LogP contribution >= 0.6 is 0 Å². The van der Waals surface area contributed by atoms with E-state index in [0.29, 0.717) is 18.0 Å². The van der Waals surface area contributed by atoms with Gasteiger partial charge in [-0.05, 0) is 61.2 Å². The van der Waals surface area contributed by atoms with Crippen LogP contribution in [0.25, 0.3) is 0 Å². The normalized spacial score (nSPS) is 16.6. The van der Waals surface area contributed by atoms with Crippen LogP contribution < -0.4 is 9.04 Å². The van der Waals surface area contributed by atoms with Crippen molar-refractivity contribution in [2.75, 3.05) is 17.5 Å². The third-order valence-electron chi connectivity index (χ3n) is 4.96. The Kier molecular flexibility index (Phi) is 5.56. The fourth-order valence-electron chi connectivity index (χ4n) is 3.59. The Hall–Kier alpha value is -2.01. The largest absolute Gasteiger partial charge is 0.494 e. The number of hydrogen-bond donors (Lipinski definition) is 0. The van der Waals surface area contributed by atoms with Crippen LogP contribution in [0.3, 0.4) is 0 Å². The molecule has 0 amide bonds. The van der Waals surface area contributed by atoms with Gasteiger partial charge in [-0.3, -0.25) is 4.31 Å². The van der Waals surface area contributed by atoms with Gasteiger partial charge in [-0.25, -0.2) is 8.42 Å². The summed E-state index contributed by atoms with van der Waals surface area (Å²) in [4.78, 5) is 0.353. The first kappa shape index (κ1) is 18.8. The van der Waals surface area contributed by atoms with E-state index in [1.54, 1.807) is 16.4 Å². The minimum atomic E-state index is -3.56. The average Bonchev–Trinajstić information content (AvgIpc) is 3.01. The van der Waals surface area contributed by atoms with Gasteiger partial charge in [0.2, 0.25) is 0 Å². The van der Waals surface area contributed by atoms with Gasteiger partial charge in [0.25, 0.3) is 10.0 Å². The Morgan fingerprint density at radius 3 is 2.42 bits per heavy atom. The molecule has 3 rings (SSSR count). The molecule has 140 valence electrons. The summed E-state index contributed by atoms with van der Waals surface area (Å²) in [5.41, 5.74) is 2.99. The van der Waals surface area contributed by atoms with E-state index in [2.05, 4.69) is 13.8 Å². The first-order valence-corrected chi connectivity index (χ1v) is 10.8. The number of fused-ring (bicyclic) bond motifs is 1. The maximum atomic E-state index is 13.3. The molecular formula is C21H27NO3S. The van der Waals surface area contributed by atoms with Crippen molar-refractivity contribution in [2.45, 2.75) is 50.8 Å². The van der Waals surface area contributed by atoms with Gasteiger partial charge in [-0.15, -0.1) is 0 Å². The lowest BCUT2D eigenvalue weighted by atomic mass is 9.96. The van der Waals surface area contributed by atoms with Crippen molar-refractivity contribution in [1.82, 2.24) is 0 Å². The molecule has 1 heterocycles. The molecule has 1 aliphatic rings. The van der Waals surface area contributed by atoms with Crippen LogP contribution in [0.1, 0.15) is 50.7 Å². The zero-order valence-corrected chi connectivity index (χ0v) is 16.6. The highest BCUT2D eigenvalue weighted by molar-refractivity contribution is 7.92. The molecule has 0 aromatic heterocycles. The molecule has 26 heavy (non-hydrogen) atoms. The number of hydrogen-bond acceptors (Lipinski definition) is 3. The van der Waals surface area contributed by atoms with Crippen LogP contribution in [0.4, 0.5) is 5.69 Å². The molecule has 5 heteroatoms. The fraction of sp³-hybridized carbons (Fsp3) is 0.429. The van der Waals surface area contributed by atoms with Crippen molar-refractivity contribution in [1.29, 1.82) is 0 Å². The molecule has 0 aliphatic carbocycles. The number of nitrogens with zero attached hydrogens (tertiary/aromatic N) is 1. The molecule has 2 aromatic rings. The summed E-state index contributed by atoms with van der Waals surface area (Å²) >= 11 is 0. The molecule has 0 saturated carbocycles. The second kappa shape index (κ2) is 7.70. The zero-order chi connectivity index (χ0) is 18.7. The number of ether oxygens (including phenoxy) is 1. The van der Waals surface area contributed by atoms with Crippen molar-refractivity contribution in [3.05, 3.63) is 53.6 Å². The number of sulfonamides is 1. The summed E-state index contributed by atoms with van der Waals surface area (Å²) in [5, 5.41) is 0. The lowest BCUT2D eigenvalue weighted by Gasteiger charge is -2.20. The molecule has 0 radical (unpaired) electrons. The number of benzene rings is 2. The van der Waals surface area contributed by atoms with Gasteiger partial charge in [0.15, 0.2) is 0 Å². The Morgan fingerprint density at radius 2 is 1.81 bits per heavy atom. The lowest BCUT2D eigenvalue weighted by molar-refractivity contribution is 0.340. The van der Waals surface area contributed by atoms with E-state index in [-0.39, 0.29) is 5.92 Å². The smallest absolute Gasteiger partial charge is 0.264 e. The van der Waals surface area contributed by atoms with Gasteiger partial charge in [0, 0.05) is 12.5 Å². The molecule has 2 aromatic carbocycles. The Morgan fingerprint density at radius 1 is 1.08 bits per heavy atom. The van der Waals surface area contributed by atoms with Gasteiger partial charge in [0.1, 0.15) is 5.75 Å². The maximum absolute atomic E-state index is 13.3. The molecule has 1 unspecified atom stereocenters. The van der Waals surface area contributed by atoms with Gasteiger partial charge in [-0.2, -0.15) is 0 Å². The van der Waals surface area contributed by atoms with Crippen LogP contribution in [0, 0.1) is 0 Å². The van der Waals surface area contributed by atoms with Crippen molar-refractivity contribution in [3.8, 4) is 5.75 Å². The van der Waals surface area contributed by atoms with E-state index < -0.39 is 10.0 Å². The summed E-state index contributed by atoms with van der Waals surface area (Å²) in [6, 6.07) is 13.0. The highest BCUT2D eigenvalue weighted by atomic mass is 32.2. The van der Waals surface area contributed by atoms with Crippen LogP contribution in [0.5, 0.6) is 5.75 Å². The number of rotatable bonds is 7. The highest BCUT2D eigenvalue weighted by Crippen LogP contribution is 2.43. The van der Waals surface area contributed by atoms with Crippen LogP contribution in [0.15, 0.2) is 47.4 Å². The van der Waals surface area contributed by atoms with Gasteiger partial charge >= 0.3 is 0 Å². The molecule has 0 spiro atoms. The second-order valence-electron chi connectivity index (χ2n) is 6.67. The van der Waals surface area contributed by atoms with Crippen LogP contribution in [0.2, 0.25) is 0 Å². The second-order valence-corrected chi connectivity index (χ2v) is 8.54. The number of aryl methyl sites for hydroxylation is 1. The van der Waals surface area contributed by atoms with Gasteiger partial charge in [0.05, 0.1) is 17.2 Å². The Balaban J connectivity index is 2.00. The summed E-state index contributed by atoms with van der Waals surface area (Å²) in [7, 11) is -3.56. The molecule has 0 bridgehead atoms. The first-order valence-electron chi connectivity index (χ1n) is 9.39. The topological polar surface area (TPSA) is 46.6 Å². The highest BCUT2D eigenvalue weighted by Gasteiger charge is 2.36.